The van der Waals surface area contributed by atoms with Crippen LogP contribution >= 0.6 is 0 Å². The first-order valence-electron chi connectivity index (χ1n) is 6.66. The summed E-state index contributed by atoms with van der Waals surface area (Å²) in [5, 5.41) is 19.1. The molecule has 108 valence electrons. The zero-order valence-electron chi connectivity index (χ0n) is 12.1. The summed E-state index contributed by atoms with van der Waals surface area (Å²) in [6, 6.07) is 5.76. The topological polar surface area (TPSA) is 58.9 Å². The van der Waals surface area contributed by atoms with Crippen LogP contribution in [-0.2, 0) is 0 Å². The fourth-order valence-corrected chi connectivity index (χ4v) is 1.96. The van der Waals surface area contributed by atoms with E-state index in [1.165, 1.54) is 0 Å². The summed E-state index contributed by atoms with van der Waals surface area (Å²) in [5.41, 5.74) is 1.06. The Morgan fingerprint density at radius 2 is 1.84 bits per heavy atom. The van der Waals surface area contributed by atoms with Crippen molar-refractivity contribution in [3.63, 3.8) is 0 Å². The van der Waals surface area contributed by atoms with Gasteiger partial charge in [-0.3, -0.25) is 0 Å². The summed E-state index contributed by atoms with van der Waals surface area (Å²) in [6.07, 6.45) is -0.922. The molecule has 19 heavy (non-hydrogen) atoms. The molecule has 0 spiro atoms. The second kappa shape index (κ2) is 7.36. The molecular formula is C15H24O4. The maximum Gasteiger partial charge on any atom is 0.161 e. The van der Waals surface area contributed by atoms with E-state index in [2.05, 4.69) is 0 Å². The van der Waals surface area contributed by atoms with E-state index in [0.717, 1.165) is 11.3 Å². The third kappa shape index (κ3) is 4.40. The van der Waals surface area contributed by atoms with Crippen molar-refractivity contribution >= 4 is 0 Å². The Hall–Kier alpha value is -1.26. The van der Waals surface area contributed by atoms with Gasteiger partial charge in [0.15, 0.2) is 11.5 Å². The zero-order valence-corrected chi connectivity index (χ0v) is 12.1. The highest BCUT2D eigenvalue weighted by atomic mass is 16.5. The molecule has 1 aromatic rings. The van der Waals surface area contributed by atoms with Crippen LogP contribution in [0.2, 0.25) is 0 Å². The molecule has 3 unspecified atom stereocenters. The van der Waals surface area contributed by atoms with Crippen molar-refractivity contribution in [3.8, 4) is 11.5 Å². The Labute approximate surface area is 115 Å². The quantitative estimate of drug-likeness (QED) is 0.797. The van der Waals surface area contributed by atoms with Crippen molar-refractivity contribution < 1.29 is 19.7 Å². The minimum absolute atomic E-state index is 0.133. The largest absolute Gasteiger partial charge is 0.493 e. The van der Waals surface area contributed by atoms with Gasteiger partial charge in [0.1, 0.15) is 0 Å². The molecule has 1 rings (SSSR count). The molecule has 0 radical (unpaired) electrons. The maximum atomic E-state index is 9.72. The summed E-state index contributed by atoms with van der Waals surface area (Å²) >= 11 is 0. The van der Waals surface area contributed by atoms with Gasteiger partial charge < -0.3 is 19.7 Å². The highest BCUT2D eigenvalue weighted by Crippen LogP contribution is 2.32. The highest BCUT2D eigenvalue weighted by Gasteiger charge is 2.17. The summed E-state index contributed by atoms with van der Waals surface area (Å²) in [6.45, 7) is 6.12. The number of rotatable bonds is 7. The van der Waals surface area contributed by atoms with E-state index in [9.17, 15) is 10.2 Å². The average Bonchev–Trinajstić information content (AvgIpc) is 2.39. The van der Waals surface area contributed by atoms with Gasteiger partial charge in [-0.25, -0.2) is 0 Å². The van der Waals surface area contributed by atoms with E-state index < -0.39 is 12.2 Å². The molecule has 3 atom stereocenters. The van der Waals surface area contributed by atoms with Gasteiger partial charge in [0.05, 0.1) is 25.9 Å². The third-order valence-electron chi connectivity index (χ3n) is 3.21. The third-order valence-corrected chi connectivity index (χ3v) is 3.21. The Morgan fingerprint density at radius 3 is 2.37 bits per heavy atom. The molecule has 1 aromatic carbocycles. The summed E-state index contributed by atoms with van der Waals surface area (Å²) in [7, 11) is 1.61. The number of hydrogen-bond acceptors (Lipinski definition) is 4. The molecule has 4 heteroatoms. The fraction of sp³-hybridized carbons (Fsp3) is 0.600. The molecule has 0 aliphatic carbocycles. The van der Waals surface area contributed by atoms with Crippen LogP contribution in [0, 0.1) is 0 Å². The molecule has 0 saturated heterocycles. The van der Waals surface area contributed by atoms with Gasteiger partial charge in [-0.1, -0.05) is 13.0 Å². The van der Waals surface area contributed by atoms with Crippen LogP contribution in [-0.4, -0.2) is 36.1 Å². The Kier molecular flexibility index (Phi) is 6.12. The zero-order chi connectivity index (χ0) is 14.4. The van der Waals surface area contributed by atoms with E-state index in [1.807, 2.05) is 32.0 Å². The van der Waals surface area contributed by atoms with Gasteiger partial charge in [0.25, 0.3) is 0 Å². The average molecular weight is 268 g/mol. The smallest absolute Gasteiger partial charge is 0.161 e. The number of methoxy groups -OCH3 is 1. The minimum atomic E-state index is -0.716. The van der Waals surface area contributed by atoms with E-state index in [1.54, 1.807) is 14.0 Å². The summed E-state index contributed by atoms with van der Waals surface area (Å²) in [5.74, 6) is 1.55. The first-order valence-corrected chi connectivity index (χ1v) is 6.66. The predicted octanol–water partition coefficient (Wildman–Crippen LogP) is 2.33. The maximum absolute atomic E-state index is 9.72. The van der Waals surface area contributed by atoms with Crippen LogP contribution in [0.5, 0.6) is 11.5 Å². The van der Waals surface area contributed by atoms with Crippen LogP contribution in [0.25, 0.3) is 0 Å². The first-order chi connectivity index (χ1) is 8.99. The Morgan fingerprint density at radius 1 is 1.16 bits per heavy atom. The molecule has 0 fully saturated rings. The van der Waals surface area contributed by atoms with E-state index in [-0.39, 0.29) is 5.92 Å². The van der Waals surface area contributed by atoms with Gasteiger partial charge in [-0.05, 0) is 43.9 Å². The lowest BCUT2D eigenvalue weighted by atomic mass is 9.93. The molecule has 0 bridgehead atoms. The lowest BCUT2D eigenvalue weighted by molar-refractivity contribution is 0.0227. The Balaban J connectivity index is 2.83. The van der Waals surface area contributed by atoms with Crippen LogP contribution in [0.15, 0.2) is 18.2 Å². The fourth-order valence-electron chi connectivity index (χ4n) is 1.96. The van der Waals surface area contributed by atoms with Crippen molar-refractivity contribution in [3.05, 3.63) is 23.8 Å². The standard InChI is InChI=1S/C15H24O4/c1-5-19-14-7-6-12(9-15(14)18-4)10(2)8-13(17)11(3)16/h6-7,9-11,13,16-17H,5,8H2,1-4H3. The predicted molar refractivity (Wildman–Crippen MR) is 74.9 cm³/mol. The molecule has 0 heterocycles. The van der Waals surface area contributed by atoms with Gasteiger partial charge in [-0.15, -0.1) is 0 Å². The first kappa shape index (κ1) is 15.8. The highest BCUT2D eigenvalue weighted by molar-refractivity contribution is 5.43. The van der Waals surface area contributed by atoms with Gasteiger partial charge in [0, 0.05) is 0 Å². The van der Waals surface area contributed by atoms with Crippen LogP contribution in [0.3, 0.4) is 0 Å². The molecule has 0 aliphatic heterocycles. The lowest BCUT2D eigenvalue weighted by Gasteiger charge is -2.20. The number of aliphatic hydroxyl groups excluding tert-OH is 2. The van der Waals surface area contributed by atoms with Crippen molar-refractivity contribution in [2.45, 2.75) is 45.3 Å². The molecule has 0 amide bonds. The number of benzene rings is 1. The molecule has 0 aromatic heterocycles. The van der Waals surface area contributed by atoms with Gasteiger partial charge in [-0.2, -0.15) is 0 Å². The summed E-state index contributed by atoms with van der Waals surface area (Å²) < 4.78 is 10.8. The molecule has 2 N–H and O–H groups in total. The Bertz CT molecular complexity index is 390. The second-order valence-corrected chi connectivity index (χ2v) is 4.79. The van der Waals surface area contributed by atoms with E-state index in [0.29, 0.717) is 18.8 Å². The summed E-state index contributed by atoms with van der Waals surface area (Å²) in [4.78, 5) is 0. The van der Waals surface area contributed by atoms with Crippen molar-refractivity contribution in [2.75, 3.05) is 13.7 Å². The normalized spacial score (nSPS) is 15.7. The minimum Gasteiger partial charge on any atom is -0.493 e. The second-order valence-electron chi connectivity index (χ2n) is 4.79. The van der Waals surface area contributed by atoms with Crippen molar-refractivity contribution in [1.29, 1.82) is 0 Å². The van der Waals surface area contributed by atoms with Crippen molar-refractivity contribution in [1.82, 2.24) is 0 Å². The molecule has 4 nitrogen and oxygen atoms in total. The molecular weight excluding hydrogens is 244 g/mol. The van der Waals surface area contributed by atoms with Crippen molar-refractivity contribution in [2.24, 2.45) is 0 Å². The van der Waals surface area contributed by atoms with Gasteiger partial charge in [0.2, 0.25) is 0 Å². The van der Waals surface area contributed by atoms with E-state index in [4.69, 9.17) is 9.47 Å². The van der Waals surface area contributed by atoms with Crippen LogP contribution in [0.4, 0.5) is 0 Å². The number of ether oxygens (including phenoxy) is 2. The van der Waals surface area contributed by atoms with Crippen LogP contribution in [0.1, 0.15) is 38.7 Å². The lowest BCUT2D eigenvalue weighted by Crippen LogP contribution is -2.24. The number of hydrogen-bond donors (Lipinski definition) is 2. The monoisotopic (exact) mass is 268 g/mol. The number of aliphatic hydroxyl groups is 2. The SMILES string of the molecule is CCOc1ccc(C(C)CC(O)C(C)O)cc1OC. The molecule has 0 saturated carbocycles. The van der Waals surface area contributed by atoms with E-state index >= 15 is 0 Å². The van der Waals surface area contributed by atoms with Gasteiger partial charge >= 0.3 is 0 Å². The van der Waals surface area contributed by atoms with Crippen LogP contribution < -0.4 is 9.47 Å². The molecule has 0 aliphatic rings.